The maximum absolute atomic E-state index is 5.31. The summed E-state index contributed by atoms with van der Waals surface area (Å²) < 4.78 is 2.24. The number of unbranched alkanes of at least 4 members (excludes halogenated alkanes) is 2. The van der Waals surface area contributed by atoms with Gasteiger partial charge in [-0.15, -0.1) is 12.3 Å². The van der Waals surface area contributed by atoms with Crippen molar-refractivity contribution in [2.45, 2.75) is 38.6 Å². The van der Waals surface area contributed by atoms with Crippen molar-refractivity contribution < 1.29 is 0 Å². The number of hydrogen-bond acceptors (Lipinski definition) is 2. The van der Waals surface area contributed by atoms with Gasteiger partial charge in [0.15, 0.2) is 0 Å². The van der Waals surface area contributed by atoms with E-state index in [4.69, 9.17) is 6.42 Å². The highest BCUT2D eigenvalue weighted by Crippen LogP contribution is 2.33. The zero-order valence-electron chi connectivity index (χ0n) is 12.3. The van der Waals surface area contributed by atoms with Crippen LogP contribution in [0.5, 0.6) is 0 Å². The predicted octanol–water partition coefficient (Wildman–Crippen LogP) is 3.71. The minimum absolute atomic E-state index is 0.853. The number of anilines is 1. The number of aryl methyl sites for hydroxylation is 2. The molecule has 0 bridgehead atoms. The second-order valence-electron chi connectivity index (χ2n) is 5.50. The van der Waals surface area contributed by atoms with Crippen molar-refractivity contribution in [1.29, 1.82) is 0 Å². The van der Waals surface area contributed by atoms with Crippen molar-refractivity contribution in [2.75, 3.05) is 11.9 Å². The van der Waals surface area contributed by atoms with E-state index in [9.17, 15) is 0 Å². The van der Waals surface area contributed by atoms with Crippen molar-refractivity contribution in [1.82, 2.24) is 9.55 Å². The Morgan fingerprint density at radius 3 is 3.19 bits per heavy atom. The lowest BCUT2D eigenvalue weighted by Gasteiger charge is -2.21. The minimum atomic E-state index is 0.853. The maximum Gasteiger partial charge on any atom is 0.0950 e. The van der Waals surface area contributed by atoms with Crippen LogP contribution in [0, 0.1) is 12.3 Å². The molecule has 2 heterocycles. The van der Waals surface area contributed by atoms with Gasteiger partial charge in [0.1, 0.15) is 0 Å². The SMILES string of the molecule is C#CCCCCn1cncc1-c1cccc2c1NCCC2. The summed E-state index contributed by atoms with van der Waals surface area (Å²) in [4.78, 5) is 4.34. The number of imidazole rings is 1. The van der Waals surface area contributed by atoms with Crippen LogP contribution >= 0.6 is 0 Å². The van der Waals surface area contributed by atoms with Gasteiger partial charge in [0.25, 0.3) is 0 Å². The highest BCUT2D eigenvalue weighted by atomic mass is 15.0. The minimum Gasteiger partial charge on any atom is -0.384 e. The van der Waals surface area contributed by atoms with Gasteiger partial charge in [-0.25, -0.2) is 4.98 Å². The highest BCUT2D eigenvalue weighted by molar-refractivity contribution is 5.78. The molecule has 2 aromatic rings. The van der Waals surface area contributed by atoms with E-state index >= 15 is 0 Å². The molecule has 0 saturated heterocycles. The van der Waals surface area contributed by atoms with E-state index in [2.05, 4.69) is 39.0 Å². The van der Waals surface area contributed by atoms with E-state index in [1.165, 1.54) is 28.9 Å². The van der Waals surface area contributed by atoms with E-state index in [0.29, 0.717) is 0 Å². The van der Waals surface area contributed by atoms with E-state index in [-0.39, 0.29) is 0 Å². The summed E-state index contributed by atoms with van der Waals surface area (Å²) >= 11 is 0. The van der Waals surface area contributed by atoms with E-state index < -0.39 is 0 Å². The molecule has 1 aromatic heterocycles. The molecule has 0 atom stereocenters. The monoisotopic (exact) mass is 279 g/mol. The number of para-hydroxylation sites is 1. The molecule has 0 saturated carbocycles. The summed E-state index contributed by atoms with van der Waals surface area (Å²) in [6.45, 7) is 2.03. The number of terminal acetylenes is 1. The lowest BCUT2D eigenvalue weighted by Crippen LogP contribution is -2.13. The van der Waals surface area contributed by atoms with E-state index in [0.717, 1.165) is 38.8 Å². The molecule has 1 aromatic carbocycles. The Labute approximate surface area is 126 Å². The fraction of sp³-hybridized carbons (Fsp3) is 0.389. The van der Waals surface area contributed by atoms with Crippen LogP contribution in [0.15, 0.2) is 30.7 Å². The first-order valence-corrected chi connectivity index (χ1v) is 7.70. The summed E-state index contributed by atoms with van der Waals surface area (Å²) in [7, 11) is 0. The molecule has 1 aliphatic heterocycles. The zero-order chi connectivity index (χ0) is 14.5. The maximum atomic E-state index is 5.31. The number of fused-ring (bicyclic) bond motifs is 1. The topological polar surface area (TPSA) is 29.9 Å². The molecule has 3 rings (SSSR count). The van der Waals surface area contributed by atoms with Crippen LogP contribution in [0.25, 0.3) is 11.3 Å². The number of nitrogens with one attached hydrogen (secondary N) is 1. The van der Waals surface area contributed by atoms with Gasteiger partial charge in [-0.05, 0) is 31.2 Å². The Balaban J connectivity index is 1.85. The van der Waals surface area contributed by atoms with Gasteiger partial charge in [0.2, 0.25) is 0 Å². The number of hydrogen-bond donors (Lipinski definition) is 1. The zero-order valence-corrected chi connectivity index (χ0v) is 12.3. The van der Waals surface area contributed by atoms with Gasteiger partial charge in [0, 0.05) is 30.8 Å². The van der Waals surface area contributed by atoms with Crippen LogP contribution in [0.2, 0.25) is 0 Å². The van der Waals surface area contributed by atoms with Crippen molar-refractivity contribution in [2.24, 2.45) is 0 Å². The summed E-state index contributed by atoms with van der Waals surface area (Å²) in [6, 6.07) is 6.56. The molecule has 0 unspecified atom stereocenters. The van der Waals surface area contributed by atoms with Crippen LogP contribution in [0.4, 0.5) is 5.69 Å². The second-order valence-corrected chi connectivity index (χ2v) is 5.50. The number of aromatic nitrogens is 2. The van der Waals surface area contributed by atoms with Gasteiger partial charge in [-0.3, -0.25) is 0 Å². The average Bonchev–Trinajstić information content (AvgIpc) is 2.99. The molecule has 0 aliphatic carbocycles. The van der Waals surface area contributed by atoms with Crippen LogP contribution in [-0.2, 0) is 13.0 Å². The number of rotatable bonds is 5. The Hall–Kier alpha value is -2.21. The van der Waals surface area contributed by atoms with Crippen molar-refractivity contribution in [3.05, 3.63) is 36.3 Å². The van der Waals surface area contributed by atoms with E-state index in [1.807, 2.05) is 12.5 Å². The number of benzene rings is 1. The molecule has 0 radical (unpaired) electrons. The summed E-state index contributed by atoms with van der Waals surface area (Å²) in [5, 5.41) is 3.56. The van der Waals surface area contributed by atoms with Gasteiger partial charge in [-0.1, -0.05) is 18.2 Å². The highest BCUT2D eigenvalue weighted by Gasteiger charge is 2.15. The largest absolute Gasteiger partial charge is 0.384 e. The van der Waals surface area contributed by atoms with Crippen LogP contribution < -0.4 is 5.32 Å². The molecule has 1 aliphatic rings. The quantitative estimate of drug-likeness (QED) is 0.668. The molecular weight excluding hydrogens is 258 g/mol. The molecule has 1 N–H and O–H groups in total. The molecule has 0 fully saturated rings. The van der Waals surface area contributed by atoms with Crippen LogP contribution in [-0.4, -0.2) is 16.1 Å². The van der Waals surface area contributed by atoms with E-state index in [1.54, 1.807) is 0 Å². The van der Waals surface area contributed by atoms with Crippen LogP contribution in [0.3, 0.4) is 0 Å². The fourth-order valence-electron chi connectivity index (χ4n) is 2.96. The van der Waals surface area contributed by atoms with Crippen molar-refractivity contribution >= 4 is 5.69 Å². The predicted molar refractivity (Wildman–Crippen MR) is 87.2 cm³/mol. The normalized spacial score (nSPS) is 13.3. The Bertz CT molecular complexity index is 649. The Kier molecular flexibility index (Phi) is 4.25. The standard InChI is InChI=1S/C18H21N3/c1-2-3-4-5-12-21-14-19-13-17(21)16-10-6-8-15-9-7-11-20-18(15)16/h1,6,8,10,13-14,20H,3-5,7,9,11-12H2. The molecular formula is C18H21N3. The van der Waals surface area contributed by atoms with Gasteiger partial charge < -0.3 is 9.88 Å². The molecule has 3 heteroatoms. The molecule has 108 valence electrons. The summed E-state index contributed by atoms with van der Waals surface area (Å²) in [6.07, 6.45) is 14.6. The van der Waals surface area contributed by atoms with Crippen molar-refractivity contribution in [3.8, 4) is 23.6 Å². The molecule has 0 spiro atoms. The fourth-order valence-corrected chi connectivity index (χ4v) is 2.96. The third-order valence-corrected chi connectivity index (χ3v) is 4.03. The lowest BCUT2D eigenvalue weighted by atomic mass is 9.98. The first-order valence-electron chi connectivity index (χ1n) is 7.70. The Morgan fingerprint density at radius 2 is 2.29 bits per heavy atom. The molecule has 3 nitrogen and oxygen atoms in total. The first-order chi connectivity index (χ1) is 10.4. The van der Waals surface area contributed by atoms with Crippen LogP contribution in [0.1, 0.15) is 31.2 Å². The summed E-state index contributed by atoms with van der Waals surface area (Å²) in [5.41, 5.74) is 5.16. The lowest BCUT2D eigenvalue weighted by molar-refractivity contribution is 0.621. The van der Waals surface area contributed by atoms with Gasteiger partial charge in [-0.2, -0.15) is 0 Å². The smallest absolute Gasteiger partial charge is 0.0950 e. The third-order valence-electron chi connectivity index (χ3n) is 4.03. The van der Waals surface area contributed by atoms with Crippen molar-refractivity contribution in [3.63, 3.8) is 0 Å². The van der Waals surface area contributed by atoms with Gasteiger partial charge >= 0.3 is 0 Å². The van der Waals surface area contributed by atoms with Gasteiger partial charge in [0.05, 0.1) is 18.2 Å². The third kappa shape index (κ3) is 2.95. The first kappa shape index (κ1) is 13.8. The second kappa shape index (κ2) is 6.49. The molecule has 21 heavy (non-hydrogen) atoms. The number of nitrogens with zero attached hydrogens (tertiary/aromatic N) is 2. The Morgan fingerprint density at radius 1 is 1.33 bits per heavy atom. The summed E-state index contributed by atoms with van der Waals surface area (Å²) in [5.74, 6) is 2.70. The average molecular weight is 279 g/mol. The molecule has 0 amide bonds.